The first kappa shape index (κ1) is 19.8. The topological polar surface area (TPSA) is 127 Å². The Balaban J connectivity index is 2.01. The van der Waals surface area contributed by atoms with Gasteiger partial charge in [0.1, 0.15) is 4.90 Å². The number of nitrogens with two attached hydrogens (primary N) is 1. The van der Waals surface area contributed by atoms with E-state index in [0.717, 1.165) is 18.1 Å². The third-order valence-electron chi connectivity index (χ3n) is 5.09. The first-order valence-corrected chi connectivity index (χ1v) is 10.6. The molecule has 0 bridgehead atoms. The van der Waals surface area contributed by atoms with Crippen molar-refractivity contribution < 1.29 is 22.6 Å². The number of benzene rings is 3. The van der Waals surface area contributed by atoms with Crippen LogP contribution in [0.2, 0.25) is 0 Å². The fourth-order valence-corrected chi connectivity index (χ4v) is 4.28. The van der Waals surface area contributed by atoms with Crippen molar-refractivity contribution in [1.29, 1.82) is 0 Å². The number of hydrogen-bond donors (Lipinski definition) is 3. The minimum absolute atomic E-state index is 0.0227. The summed E-state index contributed by atoms with van der Waals surface area (Å²) in [5, 5.41) is 3.02. The number of ketones is 2. The minimum atomic E-state index is -4.74. The van der Waals surface area contributed by atoms with E-state index in [-0.39, 0.29) is 27.9 Å². The highest BCUT2D eigenvalue weighted by Gasteiger charge is 2.36. The van der Waals surface area contributed by atoms with Gasteiger partial charge in [0.25, 0.3) is 10.1 Å². The molecule has 30 heavy (non-hydrogen) atoms. The molecular formula is C22H18N2O5S. The van der Waals surface area contributed by atoms with Crippen LogP contribution in [0.25, 0.3) is 0 Å². The van der Waals surface area contributed by atoms with Crippen molar-refractivity contribution in [2.45, 2.75) is 18.2 Å². The molecule has 8 heteroatoms. The average Bonchev–Trinajstić information content (AvgIpc) is 2.72. The maximum atomic E-state index is 13.2. The summed E-state index contributed by atoms with van der Waals surface area (Å²) in [5.74, 6) is -1.03. The van der Waals surface area contributed by atoms with Crippen molar-refractivity contribution in [3.05, 3.63) is 82.4 Å². The fourth-order valence-electron chi connectivity index (χ4n) is 3.63. The molecule has 0 fully saturated rings. The first-order chi connectivity index (χ1) is 14.2. The van der Waals surface area contributed by atoms with Gasteiger partial charge in [-0.25, -0.2) is 0 Å². The van der Waals surface area contributed by atoms with Gasteiger partial charge in [-0.05, 0) is 30.2 Å². The lowest BCUT2D eigenvalue weighted by Crippen LogP contribution is -2.25. The molecule has 1 aliphatic carbocycles. The monoisotopic (exact) mass is 422 g/mol. The normalized spacial score (nSPS) is 13.0. The molecule has 0 aromatic heterocycles. The van der Waals surface area contributed by atoms with Gasteiger partial charge in [-0.1, -0.05) is 43.3 Å². The Morgan fingerprint density at radius 3 is 2.17 bits per heavy atom. The van der Waals surface area contributed by atoms with Crippen LogP contribution < -0.4 is 11.1 Å². The molecule has 7 nitrogen and oxygen atoms in total. The summed E-state index contributed by atoms with van der Waals surface area (Å²) in [6.07, 6.45) is 0.774. The maximum Gasteiger partial charge on any atom is 0.296 e. The largest absolute Gasteiger partial charge is 0.397 e. The summed E-state index contributed by atoms with van der Waals surface area (Å²) in [7, 11) is -4.74. The number of nitrogen functional groups attached to an aromatic ring is 1. The van der Waals surface area contributed by atoms with Gasteiger partial charge in [0, 0.05) is 16.8 Å². The van der Waals surface area contributed by atoms with Crippen LogP contribution in [0.1, 0.15) is 44.3 Å². The van der Waals surface area contributed by atoms with Crippen LogP contribution in [0.15, 0.2) is 59.5 Å². The zero-order valence-corrected chi connectivity index (χ0v) is 16.8. The molecule has 1 aliphatic rings. The van der Waals surface area contributed by atoms with Gasteiger partial charge in [-0.15, -0.1) is 0 Å². The standard InChI is InChI=1S/C22H18N2O5S/c1-2-12-6-5-7-13(10-12)24-16-11-17(30(27,28)29)20(23)19-18(16)21(25)14-8-3-4-9-15(14)22(19)26/h3-11,24H,2,23H2,1H3,(H,27,28,29). The van der Waals surface area contributed by atoms with E-state index in [1.807, 2.05) is 25.1 Å². The van der Waals surface area contributed by atoms with Crippen LogP contribution in [-0.2, 0) is 16.5 Å². The van der Waals surface area contributed by atoms with E-state index in [2.05, 4.69) is 5.32 Å². The van der Waals surface area contributed by atoms with Crippen molar-refractivity contribution in [1.82, 2.24) is 0 Å². The molecule has 0 amide bonds. The van der Waals surface area contributed by atoms with Crippen molar-refractivity contribution in [2.75, 3.05) is 11.1 Å². The molecule has 4 N–H and O–H groups in total. The van der Waals surface area contributed by atoms with Crippen molar-refractivity contribution in [2.24, 2.45) is 0 Å². The number of rotatable bonds is 4. The molecule has 152 valence electrons. The molecule has 0 saturated heterocycles. The maximum absolute atomic E-state index is 13.2. The Labute approximate surface area is 173 Å². The fraction of sp³-hybridized carbons (Fsp3) is 0.0909. The first-order valence-electron chi connectivity index (χ1n) is 9.20. The Bertz CT molecular complexity index is 1330. The number of fused-ring (bicyclic) bond motifs is 2. The second kappa shape index (κ2) is 7.08. The zero-order valence-electron chi connectivity index (χ0n) is 16.0. The van der Waals surface area contributed by atoms with Gasteiger partial charge in [-0.3, -0.25) is 14.1 Å². The van der Waals surface area contributed by atoms with Crippen molar-refractivity contribution >= 4 is 38.7 Å². The van der Waals surface area contributed by atoms with Crippen LogP contribution in [0.3, 0.4) is 0 Å². The summed E-state index contributed by atoms with van der Waals surface area (Å²) >= 11 is 0. The SMILES string of the molecule is CCc1cccc(Nc2cc(S(=O)(=O)O)c(N)c3c2C(=O)c2ccccc2C3=O)c1. The molecule has 0 aliphatic heterocycles. The van der Waals surface area contributed by atoms with Crippen molar-refractivity contribution in [3.63, 3.8) is 0 Å². The van der Waals surface area contributed by atoms with E-state index in [9.17, 15) is 22.6 Å². The molecule has 4 rings (SSSR count). The molecule has 3 aromatic carbocycles. The second-order valence-corrected chi connectivity index (χ2v) is 8.33. The summed E-state index contributed by atoms with van der Waals surface area (Å²) in [6.45, 7) is 1.99. The van der Waals surface area contributed by atoms with Gasteiger partial charge < -0.3 is 11.1 Å². The summed E-state index contributed by atoms with van der Waals surface area (Å²) in [6, 6.07) is 14.7. The lowest BCUT2D eigenvalue weighted by atomic mass is 9.82. The van der Waals surface area contributed by atoms with E-state index >= 15 is 0 Å². The third-order valence-corrected chi connectivity index (χ3v) is 5.99. The van der Waals surface area contributed by atoms with E-state index in [1.54, 1.807) is 18.2 Å². The summed E-state index contributed by atoms with van der Waals surface area (Å²) in [5.41, 5.74) is 7.30. The van der Waals surface area contributed by atoms with Gasteiger partial charge in [0.15, 0.2) is 11.6 Å². The van der Waals surface area contributed by atoms with Gasteiger partial charge >= 0.3 is 0 Å². The lowest BCUT2D eigenvalue weighted by molar-refractivity contribution is 0.0980. The molecule has 0 radical (unpaired) electrons. The average molecular weight is 422 g/mol. The zero-order chi connectivity index (χ0) is 21.6. The number of carbonyl (C=O) groups excluding carboxylic acids is 2. The summed E-state index contributed by atoms with van der Waals surface area (Å²) < 4.78 is 33.5. The molecule has 0 spiro atoms. The smallest absolute Gasteiger partial charge is 0.296 e. The molecule has 0 heterocycles. The molecular weight excluding hydrogens is 404 g/mol. The minimum Gasteiger partial charge on any atom is -0.397 e. The Morgan fingerprint density at radius 1 is 0.933 bits per heavy atom. The number of anilines is 3. The Morgan fingerprint density at radius 2 is 1.57 bits per heavy atom. The Hall–Kier alpha value is -3.49. The van der Waals surface area contributed by atoms with Gasteiger partial charge in [0.2, 0.25) is 0 Å². The second-order valence-electron chi connectivity index (χ2n) is 6.94. The quantitative estimate of drug-likeness (QED) is 0.339. The molecule has 3 aromatic rings. The highest BCUT2D eigenvalue weighted by atomic mass is 32.2. The van der Waals surface area contributed by atoms with E-state index < -0.39 is 32.3 Å². The van der Waals surface area contributed by atoms with Gasteiger partial charge in [-0.2, -0.15) is 8.42 Å². The number of hydrogen-bond acceptors (Lipinski definition) is 6. The van der Waals surface area contributed by atoms with Crippen LogP contribution in [0.5, 0.6) is 0 Å². The highest BCUT2D eigenvalue weighted by Crippen LogP contribution is 2.40. The van der Waals surface area contributed by atoms with E-state index in [0.29, 0.717) is 5.69 Å². The van der Waals surface area contributed by atoms with E-state index in [4.69, 9.17) is 5.73 Å². The number of carbonyl (C=O) groups is 2. The van der Waals surface area contributed by atoms with E-state index in [1.165, 1.54) is 12.1 Å². The van der Waals surface area contributed by atoms with Crippen molar-refractivity contribution in [3.8, 4) is 0 Å². The van der Waals surface area contributed by atoms with Crippen LogP contribution in [0.4, 0.5) is 17.1 Å². The number of aryl methyl sites for hydroxylation is 1. The molecule has 0 unspecified atom stereocenters. The number of nitrogens with one attached hydrogen (secondary N) is 1. The lowest BCUT2D eigenvalue weighted by Gasteiger charge is -2.23. The third kappa shape index (κ3) is 3.16. The summed E-state index contributed by atoms with van der Waals surface area (Å²) in [4.78, 5) is 25.7. The highest BCUT2D eigenvalue weighted by molar-refractivity contribution is 7.86. The van der Waals surface area contributed by atoms with Crippen LogP contribution in [-0.4, -0.2) is 24.5 Å². The molecule has 0 saturated carbocycles. The predicted octanol–water partition coefficient (Wildman–Crippen LogP) is 3.60. The van der Waals surface area contributed by atoms with Gasteiger partial charge in [0.05, 0.1) is 22.5 Å². The Kier molecular flexibility index (Phi) is 4.68. The van der Waals surface area contributed by atoms with Crippen LogP contribution in [0, 0.1) is 0 Å². The predicted molar refractivity (Wildman–Crippen MR) is 113 cm³/mol. The molecule has 0 atom stereocenters. The van der Waals surface area contributed by atoms with Crippen LogP contribution >= 0.6 is 0 Å².